The fraction of sp³-hybridized carbons (Fsp3) is 0.455. The Morgan fingerprint density at radius 2 is 1.67 bits per heavy atom. The van der Waals surface area contributed by atoms with E-state index in [1.54, 1.807) is 30.3 Å². The van der Waals surface area contributed by atoms with E-state index in [1.807, 2.05) is 0 Å². The minimum atomic E-state index is -5.10. The molecular weight excluding hydrogens is 660 g/mol. The molecule has 0 aliphatic rings. The molecule has 0 aliphatic heterocycles. The largest absolute Gasteiger partial charge is 0.444 e. The molecule has 1 N–H and O–H groups in total. The van der Waals surface area contributed by atoms with Crippen molar-refractivity contribution in [2.75, 3.05) is 37.0 Å². The first-order chi connectivity index (χ1) is 23.0. The monoisotopic (exact) mass is 699 g/mol. The standard InChI is InChI=1S/C33H39F6N5O5/c1-7-9-16-31(33(37,38)39,47-21-22-14-12-11-13-15-22)28-43-42-27(48-28)25-24(40-29(45)49-30(3,4)5)20-23(32(34,35)36)26(41-25)44(17-10-8-2)18-19-46-6/h7-8,11-15,20H,1-2,9-10,16-19,21H2,3-6H3,(H,40,45). The molecule has 1 atom stereocenters. The lowest BCUT2D eigenvalue weighted by molar-refractivity contribution is -0.299. The van der Waals surface area contributed by atoms with Crippen LogP contribution in [-0.4, -0.2) is 59.9 Å². The molecule has 1 unspecified atom stereocenters. The van der Waals surface area contributed by atoms with E-state index in [4.69, 9.17) is 18.6 Å². The van der Waals surface area contributed by atoms with E-state index in [1.165, 1.54) is 44.9 Å². The number of amides is 1. The summed E-state index contributed by atoms with van der Waals surface area (Å²) in [7, 11) is 1.36. The second kappa shape index (κ2) is 16.3. The van der Waals surface area contributed by atoms with Gasteiger partial charge in [-0.15, -0.1) is 23.4 Å². The first-order valence-corrected chi connectivity index (χ1v) is 15.1. The number of anilines is 2. The molecule has 49 heavy (non-hydrogen) atoms. The summed E-state index contributed by atoms with van der Waals surface area (Å²) in [5, 5.41) is 9.65. The molecule has 1 amide bonds. The van der Waals surface area contributed by atoms with Crippen molar-refractivity contribution in [2.24, 2.45) is 0 Å². The van der Waals surface area contributed by atoms with Gasteiger partial charge in [-0.05, 0) is 51.7 Å². The van der Waals surface area contributed by atoms with Gasteiger partial charge in [0.1, 0.15) is 17.0 Å². The van der Waals surface area contributed by atoms with Crippen molar-refractivity contribution in [2.45, 2.75) is 70.2 Å². The maximum absolute atomic E-state index is 15.0. The molecule has 0 saturated heterocycles. The van der Waals surface area contributed by atoms with E-state index < -0.39 is 77.2 Å². The van der Waals surface area contributed by atoms with E-state index in [0.717, 1.165) is 0 Å². The van der Waals surface area contributed by atoms with Crippen LogP contribution in [0.4, 0.5) is 42.6 Å². The highest BCUT2D eigenvalue weighted by molar-refractivity contribution is 5.90. The van der Waals surface area contributed by atoms with E-state index in [2.05, 4.69) is 33.7 Å². The summed E-state index contributed by atoms with van der Waals surface area (Å²) in [6, 6.07) is 8.65. The number of carbonyl (C=O) groups is 1. The van der Waals surface area contributed by atoms with Gasteiger partial charge in [0.05, 0.1) is 18.9 Å². The summed E-state index contributed by atoms with van der Waals surface area (Å²) in [5.74, 6) is -2.37. The fourth-order valence-corrected chi connectivity index (χ4v) is 4.55. The van der Waals surface area contributed by atoms with Crippen LogP contribution in [0, 0.1) is 0 Å². The fourth-order valence-electron chi connectivity index (χ4n) is 4.55. The van der Waals surface area contributed by atoms with Gasteiger partial charge in [-0.25, -0.2) is 9.78 Å². The number of halogens is 6. The zero-order chi connectivity index (χ0) is 36.5. The topological polar surface area (TPSA) is 112 Å². The molecule has 268 valence electrons. The zero-order valence-corrected chi connectivity index (χ0v) is 27.6. The number of rotatable bonds is 16. The van der Waals surface area contributed by atoms with Gasteiger partial charge in [-0.3, -0.25) is 5.32 Å². The van der Waals surface area contributed by atoms with Crippen LogP contribution in [0.15, 0.2) is 66.1 Å². The Hall–Kier alpha value is -4.44. The van der Waals surface area contributed by atoms with Crippen LogP contribution in [0.3, 0.4) is 0 Å². The molecular formula is C33H39F6N5O5. The third-order valence-corrected chi connectivity index (χ3v) is 6.87. The third-order valence-electron chi connectivity index (χ3n) is 6.87. The van der Waals surface area contributed by atoms with Crippen molar-refractivity contribution in [3.05, 3.63) is 78.7 Å². The number of nitrogens with zero attached hydrogens (tertiary/aromatic N) is 4. The number of allylic oxidation sites excluding steroid dienone is 1. The SMILES string of the molecule is C=CCCN(CCOC)c1nc(-c2nnc(C(CCC=C)(OCc3ccccc3)C(F)(F)F)o2)c(NC(=O)OC(C)(C)C)cc1C(F)(F)F. The van der Waals surface area contributed by atoms with Crippen LogP contribution in [0.1, 0.15) is 57.1 Å². The number of hydrogen-bond donors (Lipinski definition) is 1. The second-order valence-corrected chi connectivity index (χ2v) is 11.8. The van der Waals surface area contributed by atoms with E-state index in [9.17, 15) is 31.1 Å². The van der Waals surface area contributed by atoms with E-state index >= 15 is 0 Å². The van der Waals surface area contributed by atoms with Gasteiger partial charge in [0.2, 0.25) is 5.60 Å². The predicted octanol–water partition coefficient (Wildman–Crippen LogP) is 8.47. The number of nitrogens with one attached hydrogen (secondary N) is 1. The first kappa shape index (κ1) is 39.0. The van der Waals surface area contributed by atoms with Crippen molar-refractivity contribution < 1.29 is 49.8 Å². The van der Waals surface area contributed by atoms with Gasteiger partial charge >= 0.3 is 18.4 Å². The number of methoxy groups -OCH3 is 1. The maximum atomic E-state index is 15.0. The highest BCUT2D eigenvalue weighted by Crippen LogP contribution is 2.47. The van der Waals surface area contributed by atoms with Gasteiger partial charge in [0, 0.05) is 20.2 Å². The molecule has 0 spiro atoms. The van der Waals surface area contributed by atoms with Crippen LogP contribution in [-0.2, 0) is 32.6 Å². The van der Waals surface area contributed by atoms with Gasteiger partial charge in [-0.1, -0.05) is 42.5 Å². The Morgan fingerprint density at radius 1 is 1.00 bits per heavy atom. The van der Waals surface area contributed by atoms with Crippen molar-refractivity contribution in [3.63, 3.8) is 0 Å². The number of ether oxygens (including phenoxy) is 3. The van der Waals surface area contributed by atoms with Gasteiger partial charge in [0.15, 0.2) is 5.69 Å². The molecule has 0 bridgehead atoms. The van der Waals surface area contributed by atoms with Crippen molar-refractivity contribution >= 4 is 17.6 Å². The lowest BCUT2D eigenvalue weighted by Crippen LogP contribution is -2.45. The molecule has 0 saturated carbocycles. The Labute approximate surface area is 280 Å². The summed E-state index contributed by atoms with van der Waals surface area (Å²) in [6.07, 6.45) is -9.16. The molecule has 3 rings (SSSR count). The number of pyridine rings is 1. The second-order valence-electron chi connectivity index (χ2n) is 11.8. The Kier molecular flexibility index (Phi) is 13.0. The van der Waals surface area contributed by atoms with Gasteiger partial charge in [-0.2, -0.15) is 26.3 Å². The van der Waals surface area contributed by atoms with Crippen LogP contribution in [0.25, 0.3) is 11.6 Å². The van der Waals surface area contributed by atoms with E-state index in [-0.39, 0.29) is 32.5 Å². The Bertz CT molecular complexity index is 1560. The quantitative estimate of drug-likeness (QED) is 0.116. The van der Waals surface area contributed by atoms with E-state index in [0.29, 0.717) is 11.6 Å². The minimum absolute atomic E-state index is 0.00419. The summed E-state index contributed by atoms with van der Waals surface area (Å²) in [5.41, 5.74) is -6.20. The number of benzene rings is 1. The normalized spacial score (nSPS) is 13.4. The summed E-state index contributed by atoms with van der Waals surface area (Å²) in [4.78, 5) is 18.2. The highest BCUT2D eigenvalue weighted by atomic mass is 19.4. The molecule has 1 aromatic carbocycles. The Morgan fingerprint density at radius 3 is 2.24 bits per heavy atom. The molecule has 2 aromatic heterocycles. The molecule has 0 fully saturated rings. The molecule has 0 aliphatic carbocycles. The Balaban J connectivity index is 2.29. The van der Waals surface area contributed by atoms with Crippen LogP contribution < -0.4 is 10.2 Å². The number of carbonyl (C=O) groups excluding carboxylic acids is 1. The number of hydrogen-bond acceptors (Lipinski definition) is 9. The van der Waals surface area contributed by atoms with Crippen molar-refractivity contribution in [3.8, 4) is 11.6 Å². The van der Waals surface area contributed by atoms with Crippen LogP contribution in [0.2, 0.25) is 0 Å². The van der Waals surface area contributed by atoms with Crippen LogP contribution in [0.5, 0.6) is 0 Å². The number of alkyl halides is 6. The summed E-state index contributed by atoms with van der Waals surface area (Å²) in [6.45, 7) is 11.2. The molecule has 10 nitrogen and oxygen atoms in total. The first-order valence-electron chi connectivity index (χ1n) is 15.1. The van der Waals surface area contributed by atoms with Crippen LogP contribution >= 0.6 is 0 Å². The molecule has 0 radical (unpaired) electrons. The summed E-state index contributed by atoms with van der Waals surface area (Å²) >= 11 is 0. The smallest absolute Gasteiger partial charge is 0.426 e. The predicted molar refractivity (Wildman–Crippen MR) is 170 cm³/mol. The lowest BCUT2D eigenvalue weighted by atomic mass is 9.96. The van der Waals surface area contributed by atoms with Crippen molar-refractivity contribution in [1.29, 1.82) is 0 Å². The van der Waals surface area contributed by atoms with Crippen molar-refractivity contribution in [1.82, 2.24) is 15.2 Å². The van der Waals surface area contributed by atoms with Gasteiger partial charge < -0.3 is 23.5 Å². The highest BCUT2D eigenvalue weighted by Gasteiger charge is 2.61. The zero-order valence-electron chi connectivity index (χ0n) is 27.6. The average molecular weight is 700 g/mol. The third kappa shape index (κ3) is 10.3. The lowest BCUT2D eigenvalue weighted by Gasteiger charge is -2.32. The minimum Gasteiger partial charge on any atom is -0.444 e. The summed E-state index contributed by atoms with van der Waals surface area (Å²) < 4.78 is 110. The molecule has 3 aromatic rings. The average Bonchev–Trinajstić information content (AvgIpc) is 3.50. The number of aromatic nitrogens is 3. The molecule has 2 heterocycles. The maximum Gasteiger partial charge on any atom is 0.426 e. The molecule has 16 heteroatoms. The van der Waals surface area contributed by atoms with Gasteiger partial charge in [0.25, 0.3) is 11.8 Å².